The van der Waals surface area contributed by atoms with Crippen molar-refractivity contribution in [2.45, 2.75) is 26.3 Å². The maximum Gasteiger partial charge on any atom is 0.131 e. The summed E-state index contributed by atoms with van der Waals surface area (Å²) in [6.07, 6.45) is 2.68. The van der Waals surface area contributed by atoms with Crippen molar-refractivity contribution in [3.63, 3.8) is 0 Å². The first-order valence-corrected chi connectivity index (χ1v) is 6.12. The Morgan fingerprint density at radius 3 is 2.88 bits per heavy atom. The molecule has 0 aliphatic rings. The standard InChI is InChI=1S/C13H23N3O/c1-4-16(8-9-17-3)13-12(10-11(2)14)6-5-7-15-13/h5-7,11H,4,8-10,14H2,1-3H3. The van der Waals surface area contributed by atoms with Crippen molar-refractivity contribution >= 4 is 5.82 Å². The van der Waals surface area contributed by atoms with E-state index in [4.69, 9.17) is 10.5 Å². The molecule has 1 unspecified atom stereocenters. The molecule has 1 rings (SSSR count). The van der Waals surface area contributed by atoms with Crippen LogP contribution in [0.15, 0.2) is 18.3 Å². The highest BCUT2D eigenvalue weighted by Crippen LogP contribution is 2.18. The largest absolute Gasteiger partial charge is 0.383 e. The van der Waals surface area contributed by atoms with Gasteiger partial charge in [0.15, 0.2) is 0 Å². The predicted octanol–water partition coefficient (Wildman–Crippen LogP) is 1.44. The van der Waals surface area contributed by atoms with E-state index >= 15 is 0 Å². The summed E-state index contributed by atoms with van der Waals surface area (Å²) in [6.45, 7) is 6.63. The Balaban J connectivity index is 2.85. The molecular weight excluding hydrogens is 214 g/mol. The number of ether oxygens (including phenoxy) is 1. The van der Waals surface area contributed by atoms with Crippen LogP contribution in [0, 0.1) is 0 Å². The zero-order valence-corrected chi connectivity index (χ0v) is 11.0. The third kappa shape index (κ3) is 4.32. The summed E-state index contributed by atoms with van der Waals surface area (Å²) in [5.41, 5.74) is 7.07. The second-order valence-corrected chi connectivity index (χ2v) is 4.24. The van der Waals surface area contributed by atoms with E-state index in [1.165, 1.54) is 5.56 Å². The Kier molecular flexibility index (Phi) is 5.94. The number of methoxy groups -OCH3 is 1. The van der Waals surface area contributed by atoms with Gasteiger partial charge in [-0.2, -0.15) is 0 Å². The van der Waals surface area contributed by atoms with Gasteiger partial charge in [-0.25, -0.2) is 4.98 Å². The van der Waals surface area contributed by atoms with Crippen molar-refractivity contribution in [2.24, 2.45) is 5.73 Å². The van der Waals surface area contributed by atoms with Crippen molar-refractivity contribution in [2.75, 3.05) is 31.7 Å². The Morgan fingerprint density at radius 2 is 2.29 bits per heavy atom. The second-order valence-electron chi connectivity index (χ2n) is 4.24. The van der Waals surface area contributed by atoms with E-state index in [-0.39, 0.29) is 6.04 Å². The van der Waals surface area contributed by atoms with Crippen LogP contribution in [0.2, 0.25) is 0 Å². The van der Waals surface area contributed by atoms with E-state index in [1.807, 2.05) is 19.2 Å². The highest BCUT2D eigenvalue weighted by molar-refractivity contribution is 5.47. The monoisotopic (exact) mass is 237 g/mol. The maximum absolute atomic E-state index is 5.86. The fourth-order valence-corrected chi connectivity index (χ4v) is 1.84. The number of pyridine rings is 1. The minimum absolute atomic E-state index is 0.152. The van der Waals surface area contributed by atoms with Gasteiger partial charge < -0.3 is 15.4 Å². The number of hydrogen-bond acceptors (Lipinski definition) is 4. The summed E-state index contributed by atoms with van der Waals surface area (Å²) < 4.78 is 5.12. The van der Waals surface area contributed by atoms with Gasteiger partial charge in [0.25, 0.3) is 0 Å². The average Bonchev–Trinajstić information content (AvgIpc) is 2.31. The van der Waals surface area contributed by atoms with Crippen LogP contribution in [0.3, 0.4) is 0 Å². The predicted molar refractivity (Wildman–Crippen MR) is 71.4 cm³/mol. The van der Waals surface area contributed by atoms with Gasteiger partial charge >= 0.3 is 0 Å². The van der Waals surface area contributed by atoms with Gasteiger partial charge in [0.05, 0.1) is 6.61 Å². The van der Waals surface area contributed by atoms with Gasteiger partial charge in [0, 0.05) is 32.4 Å². The molecule has 96 valence electrons. The summed E-state index contributed by atoms with van der Waals surface area (Å²) in [7, 11) is 1.72. The topological polar surface area (TPSA) is 51.4 Å². The van der Waals surface area contributed by atoms with Crippen molar-refractivity contribution < 1.29 is 4.74 Å². The van der Waals surface area contributed by atoms with E-state index in [2.05, 4.69) is 22.9 Å². The lowest BCUT2D eigenvalue weighted by Gasteiger charge is -2.24. The molecule has 1 aromatic rings. The summed E-state index contributed by atoms with van der Waals surface area (Å²) >= 11 is 0. The molecule has 0 fully saturated rings. The van der Waals surface area contributed by atoms with Crippen molar-refractivity contribution in [3.8, 4) is 0 Å². The average molecular weight is 237 g/mol. The molecule has 0 aliphatic heterocycles. The molecule has 0 saturated carbocycles. The lowest BCUT2D eigenvalue weighted by atomic mass is 10.1. The van der Waals surface area contributed by atoms with Crippen LogP contribution in [0.4, 0.5) is 5.82 Å². The number of rotatable bonds is 7. The van der Waals surface area contributed by atoms with E-state index < -0.39 is 0 Å². The van der Waals surface area contributed by atoms with Crippen LogP contribution < -0.4 is 10.6 Å². The molecule has 0 amide bonds. The molecule has 0 aromatic carbocycles. The number of anilines is 1. The number of likely N-dealkylation sites (N-methyl/N-ethyl adjacent to an activating group) is 1. The van der Waals surface area contributed by atoms with Gasteiger partial charge in [0.2, 0.25) is 0 Å². The normalized spacial score (nSPS) is 12.5. The van der Waals surface area contributed by atoms with E-state index in [0.29, 0.717) is 6.61 Å². The molecule has 0 aliphatic carbocycles. The van der Waals surface area contributed by atoms with Crippen LogP contribution >= 0.6 is 0 Å². The molecule has 1 heterocycles. The summed E-state index contributed by atoms with van der Waals surface area (Å²) in [5, 5.41) is 0. The summed E-state index contributed by atoms with van der Waals surface area (Å²) in [6, 6.07) is 4.21. The number of nitrogens with two attached hydrogens (primary N) is 1. The number of nitrogens with zero attached hydrogens (tertiary/aromatic N) is 2. The third-order valence-corrected chi connectivity index (χ3v) is 2.66. The summed E-state index contributed by atoms with van der Waals surface area (Å²) in [5.74, 6) is 1.03. The van der Waals surface area contributed by atoms with Gasteiger partial charge in [-0.15, -0.1) is 0 Å². The van der Waals surface area contributed by atoms with Crippen molar-refractivity contribution in [3.05, 3.63) is 23.9 Å². The van der Waals surface area contributed by atoms with Crippen LogP contribution in [0.5, 0.6) is 0 Å². The Bertz CT molecular complexity index is 328. The second kappa shape index (κ2) is 7.25. The Hall–Kier alpha value is -1.13. The lowest BCUT2D eigenvalue weighted by molar-refractivity contribution is 0.205. The maximum atomic E-state index is 5.86. The molecule has 1 aromatic heterocycles. The van der Waals surface area contributed by atoms with Gasteiger partial charge in [-0.05, 0) is 31.9 Å². The molecule has 1 atom stereocenters. The fraction of sp³-hybridized carbons (Fsp3) is 0.615. The molecule has 17 heavy (non-hydrogen) atoms. The molecule has 0 spiro atoms. The fourth-order valence-electron chi connectivity index (χ4n) is 1.84. The first kappa shape index (κ1) is 13.9. The van der Waals surface area contributed by atoms with Crippen LogP contribution in [0.1, 0.15) is 19.4 Å². The minimum Gasteiger partial charge on any atom is -0.383 e. The zero-order valence-electron chi connectivity index (χ0n) is 11.0. The van der Waals surface area contributed by atoms with Crippen molar-refractivity contribution in [1.29, 1.82) is 0 Å². The smallest absolute Gasteiger partial charge is 0.131 e. The lowest BCUT2D eigenvalue weighted by Crippen LogP contribution is -2.29. The number of aromatic nitrogens is 1. The third-order valence-electron chi connectivity index (χ3n) is 2.66. The molecule has 0 bridgehead atoms. The van der Waals surface area contributed by atoms with E-state index in [9.17, 15) is 0 Å². The van der Waals surface area contributed by atoms with Crippen LogP contribution in [-0.2, 0) is 11.2 Å². The molecule has 0 radical (unpaired) electrons. The SMILES string of the molecule is CCN(CCOC)c1ncccc1CC(C)N. The van der Waals surface area contributed by atoms with Crippen LogP contribution in [-0.4, -0.2) is 37.8 Å². The molecule has 0 saturated heterocycles. The molecule has 2 N–H and O–H groups in total. The highest BCUT2D eigenvalue weighted by Gasteiger charge is 2.11. The quantitative estimate of drug-likeness (QED) is 0.779. The minimum atomic E-state index is 0.152. The first-order chi connectivity index (χ1) is 8.19. The van der Waals surface area contributed by atoms with E-state index in [0.717, 1.165) is 25.3 Å². The Morgan fingerprint density at radius 1 is 1.53 bits per heavy atom. The molecule has 4 nitrogen and oxygen atoms in total. The molecule has 4 heteroatoms. The van der Waals surface area contributed by atoms with Crippen molar-refractivity contribution in [1.82, 2.24) is 4.98 Å². The van der Waals surface area contributed by atoms with Gasteiger partial charge in [-0.1, -0.05) is 6.07 Å². The highest BCUT2D eigenvalue weighted by atomic mass is 16.5. The Labute approximate surface area is 104 Å². The first-order valence-electron chi connectivity index (χ1n) is 6.12. The summed E-state index contributed by atoms with van der Waals surface area (Å²) in [4.78, 5) is 6.69. The molecular formula is C13H23N3O. The number of hydrogen-bond donors (Lipinski definition) is 1. The zero-order chi connectivity index (χ0) is 12.7. The van der Waals surface area contributed by atoms with E-state index in [1.54, 1.807) is 7.11 Å². The van der Waals surface area contributed by atoms with Gasteiger partial charge in [0.1, 0.15) is 5.82 Å². The van der Waals surface area contributed by atoms with Gasteiger partial charge in [-0.3, -0.25) is 0 Å². The van der Waals surface area contributed by atoms with Crippen LogP contribution in [0.25, 0.3) is 0 Å².